The summed E-state index contributed by atoms with van der Waals surface area (Å²) in [5.74, 6) is 1.88. The van der Waals surface area contributed by atoms with Gasteiger partial charge >= 0.3 is 0 Å². The smallest absolute Gasteiger partial charge is 0.164 e. The van der Waals surface area contributed by atoms with Crippen molar-refractivity contribution in [2.45, 2.75) is 46.0 Å². The van der Waals surface area contributed by atoms with Crippen molar-refractivity contribution in [1.82, 2.24) is 0 Å². The Kier molecular flexibility index (Phi) is 4.90. The van der Waals surface area contributed by atoms with Crippen LogP contribution in [0.5, 0.6) is 0 Å². The lowest BCUT2D eigenvalue weighted by molar-refractivity contribution is -0.181. The average molecular weight is 351 g/mol. The summed E-state index contributed by atoms with van der Waals surface area (Å²) in [7, 11) is 0. The van der Waals surface area contributed by atoms with E-state index in [1.165, 1.54) is 11.1 Å². The fraction of sp³-hybridized carbons (Fsp3) is 0.500. The van der Waals surface area contributed by atoms with Gasteiger partial charge in [0.1, 0.15) is 0 Å². The van der Waals surface area contributed by atoms with Gasteiger partial charge in [0.15, 0.2) is 6.29 Å². The molecule has 0 radical (unpaired) electrons. The molecule has 2 nitrogen and oxygen atoms in total. The first kappa shape index (κ1) is 17.8. The topological polar surface area (TPSA) is 18.5 Å². The SMILES string of the molecule is CCO[C@@H]1O[C@@H](c2ccccc2)[C@H]2C(C(C)C)[C@@]12CCc1ccccc1. The molecule has 138 valence electrons. The Morgan fingerprint density at radius 1 is 1.00 bits per heavy atom. The van der Waals surface area contributed by atoms with Crippen molar-refractivity contribution < 1.29 is 9.47 Å². The Bertz CT molecular complexity index is 712. The number of fused-ring (bicyclic) bond motifs is 1. The maximum Gasteiger partial charge on any atom is 0.164 e. The first-order valence-corrected chi connectivity index (χ1v) is 10.0. The second-order valence-corrected chi connectivity index (χ2v) is 8.15. The maximum atomic E-state index is 6.50. The van der Waals surface area contributed by atoms with Crippen LogP contribution in [0.4, 0.5) is 0 Å². The molecule has 0 N–H and O–H groups in total. The summed E-state index contributed by atoms with van der Waals surface area (Å²) < 4.78 is 12.7. The van der Waals surface area contributed by atoms with Gasteiger partial charge in [-0.05, 0) is 42.7 Å². The number of hydrogen-bond acceptors (Lipinski definition) is 2. The highest BCUT2D eigenvalue weighted by Gasteiger charge is 2.76. The first-order valence-electron chi connectivity index (χ1n) is 10.0. The van der Waals surface area contributed by atoms with Crippen molar-refractivity contribution >= 4 is 0 Å². The summed E-state index contributed by atoms with van der Waals surface area (Å²) in [6.07, 6.45) is 2.31. The van der Waals surface area contributed by atoms with Crippen molar-refractivity contribution in [1.29, 1.82) is 0 Å². The molecule has 1 unspecified atom stereocenters. The molecule has 0 spiro atoms. The molecule has 1 aliphatic carbocycles. The van der Waals surface area contributed by atoms with Crippen LogP contribution in [-0.4, -0.2) is 12.9 Å². The van der Waals surface area contributed by atoms with Gasteiger partial charge in [-0.25, -0.2) is 0 Å². The lowest BCUT2D eigenvalue weighted by Gasteiger charge is -2.28. The Morgan fingerprint density at radius 2 is 1.65 bits per heavy atom. The molecule has 26 heavy (non-hydrogen) atoms. The zero-order chi connectivity index (χ0) is 18.1. The molecular formula is C24H30O2. The molecule has 1 saturated carbocycles. The Morgan fingerprint density at radius 3 is 2.27 bits per heavy atom. The first-order chi connectivity index (χ1) is 12.7. The lowest BCUT2D eigenvalue weighted by Crippen LogP contribution is -2.29. The van der Waals surface area contributed by atoms with Crippen LogP contribution in [0, 0.1) is 23.2 Å². The maximum absolute atomic E-state index is 6.50. The molecule has 2 heteroatoms. The number of hydrogen-bond donors (Lipinski definition) is 0. The van der Waals surface area contributed by atoms with Crippen LogP contribution in [0.15, 0.2) is 60.7 Å². The molecule has 0 aromatic heterocycles. The van der Waals surface area contributed by atoms with E-state index in [1.54, 1.807) is 0 Å². The van der Waals surface area contributed by atoms with E-state index in [-0.39, 0.29) is 17.8 Å². The molecule has 0 amide bonds. The van der Waals surface area contributed by atoms with Crippen LogP contribution in [0.1, 0.15) is 44.4 Å². The predicted molar refractivity (Wildman–Crippen MR) is 105 cm³/mol. The Hall–Kier alpha value is -1.64. The quantitative estimate of drug-likeness (QED) is 0.643. The van der Waals surface area contributed by atoms with Crippen molar-refractivity contribution in [2.24, 2.45) is 23.2 Å². The summed E-state index contributed by atoms with van der Waals surface area (Å²) >= 11 is 0. The second kappa shape index (κ2) is 7.17. The summed E-state index contributed by atoms with van der Waals surface area (Å²) in [6, 6.07) is 21.5. The van der Waals surface area contributed by atoms with Crippen molar-refractivity contribution in [3.63, 3.8) is 0 Å². The van der Waals surface area contributed by atoms with Crippen LogP contribution >= 0.6 is 0 Å². The zero-order valence-corrected chi connectivity index (χ0v) is 16.1. The summed E-state index contributed by atoms with van der Waals surface area (Å²) in [5, 5.41) is 0. The third-order valence-corrected chi connectivity index (χ3v) is 6.41. The fourth-order valence-electron chi connectivity index (χ4n) is 5.42. The van der Waals surface area contributed by atoms with Gasteiger partial charge in [-0.2, -0.15) is 0 Å². The molecule has 4 rings (SSSR count). The molecule has 0 bridgehead atoms. The molecule has 1 saturated heterocycles. The third-order valence-electron chi connectivity index (χ3n) is 6.41. The molecule has 2 fully saturated rings. The van der Waals surface area contributed by atoms with E-state index >= 15 is 0 Å². The Balaban J connectivity index is 1.62. The normalized spacial score (nSPS) is 32.6. The van der Waals surface area contributed by atoms with Gasteiger partial charge in [0.05, 0.1) is 6.10 Å². The molecule has 5 atom stereocenters. The van der Waals surface area contributed by atoms with Crippen molar-refractivity contribution in [3.8, 4) is 0 Å². The monoisotopic (exact) mass is 350 g/mol. The van der Waals surface area contributed by atoms with E-state index in [4.69, 9.17) is 9.47 Å². The summed E-state index contributed by atoms with van der Waals surface area (Å²) in [4.78, 5) is 0. The largest absolute Gasteiger partial charge is 0.352 e. The lowest BCUT2D eigenvalue weighted by atomic mass is 9.89. The Labute approximate surface area is 157 Å². The highest BCUT2D eigenvalue weighted by Crippen LogP contribution is 2.76. The van der Waals surface area contributed by atoms with Crippen LogP contribution in [0.25, 0.3) is 0 Å². The van der Waals surface area contributed by atoms with Gasteiger partial charge in [-0.15, -0.1) is 0 Å². The molecular weight excluding hydrogens is 320 g/mol. The molecule has 2 aromatic carbocycles. The highest BCUT2D eigenvalue weighted by atomic mass is 16.7. The van der Waals surface area contributed by atoms with Gasteiger partial charge in [-0.1, -0.05) is 74.5 Å². The summed E-state index contributed by atoms with van der Waals surface area (Å²) in [5.41, 5.74) is 2.86. The van der Waals surface area contributed by atoms with Gasteiger partial charge in [-0.3, -0.25) is 0 Å². The number of ether oxygens (including phenoxy) is 2. The van der Waals surface area contributed by atoms with Crippen LogP contribution in [0.2, 0.25) is 0 Å². The van der Waals surface area contributed by atoms with Crippen LogP contribution in [0.3, 0.4) is 0 Å². The summed E-state index contributed by atoms with van der Waals surface area (Å²) in [6.45, 7) is 7.50. The third kappa shape index (κ3) is 2.90. The molecule has 2 aliphatic rings. The minimum absolute atomic E-state index is 0.0844. The van der Waals surface area contributed by atoms with Gasteiger partial charge in [0, 0.05) is 17.9 Å². The van der Waals surface area contributed by atoms with Gasteiger partial charge < -0.3 is 9.47 Å². The van der Waals surface area contributed by atoms with Crippen molar-refractivity contribution in [2.75, 3.05) is 6.61 Å². The molecule has 2 aromatic rings. The number of aryl methyl sites for hydroxylation is 1. The number of rotatable bonds is 7. The van der Waals surface area contributed by atoms with E-state index in [2.05, 4.69) is 81.4 Å². The van der Waals surface area contributed by atoms with Gasteiger partial charge in [0.2, 0.25) is 0 Å². The predicted octanol–water partition coefficient (Wildman–Crippen LogP) is 5.64. The molecule has 1 heterocycles. The minimum atomic E-state index is -0.0844. The van der Waals surface area contributed by atoms with Gasteiger partial charge in [0.25, 0.3) is 0 Å². The zero-order valence-electron chi connectivity index (χ0n) is 16.1. The molecule has 1 aliphatic heterocycles. The van der Waals surface area contributed by atoms with E-state index in [0.29, 0.717) is 24.4 Å². The van der Waals surface area contributed by atoms with E-state index in [9.17, 15) is 0 Å². The van der Waals surface area contributed by atoms with E-state index in [0.717, 1.165) is 12.8 Å². The second-order valence-electron chi connectivity index (χ2n) is 8.15. The minimum Gasteiger partial charge on any atom is -0.352 e. The van der Waals surface area contributed by atoms with Crippen LogP contribution in [-0.2, 0) is 15.9 Å². The van der Waals surface area contributed by atoms with Crippen molar-refractivity contribution in [3.05, 3.63) is 71.8 Å². The standard InChI is InChI=1S/C24H30O2/c1-4-25-23-24(16-15-18-11-7-5-8-12-18)20(17(2)3)21(24)22(26-23)19-13-9-6-10-14-19/h5-14,17,20-23H,4,15-16H2,1-3H3/t20?,21-,22+,23-,24-/m1/s1. The van der Waals surface area contributed by atoms with E-state index < -0.39 is 0 Å². The van der Waals surface area contributed by atoms with E-state index in [1.807, 2.05) is 0 Å². The average Bonchev–Trinajstić information content (AvgIpc) is 3.25. The van der Waals surface area contributed by atoms with Crippen LogP contribution < -0.4 is 0 Å². The highest BCUT2D eigenvalue weighted by molar-refractivity contribution is 5.29. The number of benzene rings is 2. The fourth-order valence-corrected chi connectivity index (χ4v) is 5.42.